The third-order valence-electron chi connectivity index (χ3n) is 3.24. The van der Waals surface area contributed by atoms with E-state index in [9.17, 15) is 9.59 Å². The highest BCUT2D eigenvalue weighted by Crippen LogP contribution is 2.20. The van der Waals surface area contributed by atoms with Gasteiger partial charge in [0.15, 0.2) is 0 Å². The molecule has 0 fully saturated rings. The van der Waals surface area contributed by atoms with Gasteiger partial charge in [0, 0.05) is 28.5 Å². The Morgan fingerprint density at radius 1 is 1.04 bits per heavy atom. The summed E-state index contributed by atoms with van der Waals surface area (Å²) in [6.07, 6.45) is 6.49. The van der Waals surface area contributed by atoms with Gasteiger partial charge in [-0.2, -0.15) is 0 Å². The Kier molecular flexibility index (Phi) is 8.23. The molecule has 4 nitrogen and oxygen atoms in total. The molecule has 0 atom stereocenters. The normalized spacial score (nSPS) is 11.0. The summed E-state index contributed by atoms with van der Waals surface area (Å²) in [5, 5.41) is 2.83. The average Bonchev–Trinajstić information content (AvgIpc) is 2.66. The largest absolute Gasteiger partial charge is 0.463 e. The highest BCUT2D eigenvalue weighted by molar-refractivity contribution is 7.99. The van der Waals surface area contributed by atoms with Crippen molar-refractivity contribution in [3.63, 3.8) is 0 Å². The third kappa shape index (κ3) is 7.40. The first-order valence-electron chi connectivity index (χ1n) is 8.27. The number of esters is 1. The molecule has 1 N–H and O–H groups in total. The van der Waals surface area contributed by atoms with Gasteiger partial charge in [0.1, 0.15) is 0 Å². The zero-order valence-corrected chi connectivity index (χ0v) is 15.4. The van der Waals surface area contributed by atoms with E-state index in [1.807, 2.05) is 54.6 Å². The second kappa shape index (κ2) is 10.9. The fourth-order valence-corrected chi connectivity index (χ4v) is 2.75. The van der Waals surface area contributed by atoms with E-state index in [0.717, 1.165) is 16.1 Å². The number of amides is 1. The van der Waals surface area contributed by atoms with Gasteiger partial charge in [-0.3, -0.25) is 4.79 Å². The first-order chi connectivity index (χ1) is 12.7. The van der Waals surface area contributed by atoms with Crippen LogP contribution in [0.3, 0.4) is 0 Å². The average molecular weight is 367 g/mol. The number of thioether (sulfide) groups is 1. The summed E-state index contributed by atoms with van der Waals surface area (Å²) < 4.78 is 4.81. The van der Waals surface area contributed by atoms with Gasteiger partial charge in [-0.15, -0.1) is 11.8 Å². The van der Waals surface area contributed by atoms with Gasteiger partial charge >= 0.3 is 5.97 Å². The zero-order chi connectivity index (χ0) is 18.6. The third-order valence-corrected chi connectivity index (χ3v) is 4.20. The number of carbonyl (C=O) groups excluding carboxylic acids is 2. The van der Waals surface area contributed by atoms with Crippen LogP contribution < -0.4 is 5.32 Å². The van der Waals surface area contributed by atoms with Crippen LogP contribution >= 0.6 is 11.8 Å². The Labute approximate surface area is 158 Å². The minimum absolute atomic E-state index is 0.174. The van der Waals surface area contributed by atoms with Crippen LogP contribution in [-0.2, 0) is 14.3 Å². The molecule has 2 rings (SSSR count). The Balaban J connectivity index is 1.79. The van der Waals surface area contributed by atoms with E-state index in [1.165, 1.54) is 12.2 Å². The van der Waals surface area contributed by atoms with Crippen molar-refractivity contribution in [2.75, 3.05) is 17.7 Å². The Morgan fingerprint density at radius 2 is 1.77 bits per heavy atom. The molecule has 0 radical (unpaired) electrons. The minimum atomic E-state index is -0.324. The lowest BCUT2D eigenvalue weighted by Crippen LogP contribution is -2.07. The standard InChI is InChI=1S/C21H21NO3S/c1-2-25-21(24)9-6-16-26-19-13-11-18(12-14-19)22-20(23)15-10-17-7-4-3-5-8-17/h3-15H,2,16H2,1H3,(H,22,23)/b9-6+,15-10+. The maximum atomic E-state index is 11.9. The minimum Gasteiger partial charge on any atom is -0.463 e. The summed E-state index contributed by atoms with van der Waals surface area (Å²) in [5.74, 6) is 0.172. The van der Waals surface area contributed by atoms with Crippen molar-refractivity contribution < 1.29 is 14.3 Å². The predicted octanol–water partition coefficient (Wildman–Crippen LogP) is 4.55. The van der Waals surface area contributed by atoms with Crippen LogP contribution in [0.4, 0.5) is 5.69 Å². The van der Waals surface area contributed by atoms with E-state index in [4.69, 9.17) is 4.74 Å². The van der Waals surface area contributed by atoms with Crippen LogP contribution in [0, 0.1) is 0 Å². The molecule has 0 aliphatic heterocycles. The lowest BCUT2D eigenvalue weighted by molar-refractivity contribution is -0.137. The maximum Gasteiger partial charge on any atom is 0.330 e. The Morgan fingerprint density at radius 3 is 2.46 bits per heavy atom. The predicted molar refractivity (Wildman–Crippen MR) is 107 cm³/mol. The highest BCUT2D eigenvalue weighted by atomic mass is 32.2. The number of benzene rings is 2. The van der Waals surface area contributed by atoms with Crippen molar-refractivity contribution in [2.45, 2.75) is 11.8 Å². The molecule has 0 unspecified atom stereocenters. The molecule has 0 saturated heterocycles. The van der Waals surface area contributed by atoms with Gasteiger partial charge in [0.2, 0.25) is 5.91 Å². The SMILES string of the molecule is CCOC(=O)/C=C/CSc1ccc(NC(=O)/C=C/c2ccccc2)cc1. The second-order valence-electron chi connectivity index (χ2n) is 5.22. The van der Waals surface area contributed by atoms with Gasteiger partial charge in [0.25, 0.3) is 0 Å². The lowest BCUT2D eigenvalue weighted by atomic mass is 10.2. The number of rotatable bonds is 8. The summed E-state index contributed by atoms with van der Waals surface area (Å²) in [5.41, 5.74) is 1.71. The van der Waals surface area contributed by atoms with Gasteiger partial charge in [-0.05, 0) is 42.8 Å². The fraction of sp³-hybridized carbons (Fsp3) is 0.143. The number of anilines is 1. The van der Waals surface area contributed by atoms with Gasteiger partial charge in [-0.1, -0.05) is 36.4 Å². The van der Waals surface area contributed by atoms with Crippen molar-refractivity contribution in [1.82, 2.24) is 0 Å². The number of ether oxygens (including phenoxy) is 1. The van der Waals surface area contributed by atoms with Crippen molar-refractivity contribution in [3.8, 4) is 0 Å². The quantitative estimate of drug-likeness (QED) is 0.422. The fourth-order valence-electron chi connectivity index (χ4n) is 2.03. The van der Waals surface area contributed by atoms with Crippen molar-refractivity contribution in [2.24, 2.45) is 0 Å². The highest BCUT2D eigenvalue weighted by Gasteiger charge is 1.99. The number of hydrogen-bond donors (Lipinski definition) is 1. The summed E-state index contributed by atoms with van der Waals surface area (Å²) in [4.78, 5) is 24.2. The molecule has 2 aromatic rings. The van der Waals surface area contributed by atoms with Gasteiger partial charge < -0.3 is 10.1 Å². The van der Waals surface area contributed by atoms with Crippen molar-refractivity contribution in [1.29, 1.82) is 0 Å². The molecule has 1 amide bonds. The first-order valence-corrected chi connectivity index (χ1v) is 9.26. The topological polar surface area (TPSA) is 55.4 Å². The Bertz CT molecular complexity index is 768. The zero-order valence-electron chi connectivity index (χ0n) is 14.6. The van der Waals surface area contributed by atoms with Crippen LogP contribution in [0.2, 0.25) is 0 Å². The van der Waals surface area contributed by atoms with Crippen LogP contribution in [0.25, 0.3) is 6.08 Å². The molecule has 0 aliphatic rings. The second-order valence-corrected chi connectivity index (χ2v) is 6.32. The molecular formula is C21H21NO3S. The van der Waals surface area contributed by atoms with Crippen LogP contribution in [0.5, 0.6) is 0 Å². The van der Waals surface area contributed by atoms with E-state index in [0.29, 0.717) is 12.4 Å². The molecule has 0 spiro atoms. The smallest absolute Gasteiger partial charge is 0.330 e. The molecule has 0 aromatic heterocycles. The Hall–Kier alpha value is -2.79. The maximum absolute atomic E-state index is 11.9. The molecular weight excluding hydrogens is 346 g/mol. The van der Waals surface area contributed by atoms with Crippen molar-refractivity contribution >= 4 is 35.4 Å². The van der Waals surface area contributed by atoms with Gasteiger partial charge in [0.05, 0.1) is 6.61 Å². The van der Waals surface area contributed by atoms with E-state index in [2.05, 4.69) is 5.32 Å². The molecule has 5 heteroatoms. The molecule has 2 aromatic carbocycles. The first kappa shape index (κ1) is 19.5. The lowest BCUT2D eigenvalue weighted by Gasteiger charge is -2.04. The summed E-state index contributed by atoms with van der Waals surface area (Å²) in [7, 11) is 0. The molecule has 0 aliphatic carbocycles. The van der Waals surface area contributed by atoms with Crippen LogP contribution in [0.1, 0.15) is 12.5 Å². The van der Waals surface area contributed by atoms with Gasteiger partial charge in [-0.25, -0.2) is 4.79 Å². The number of carbonyl (C=O) groups is 2. The molecule has 0 heterocycles. The van der Waals surface area contributed by atoms with E-state index in [-0.39, 0.29) is 11.9 Å². The number of nitrogens with one attached hydrogen (secondary N) is 1. The molecule has 26 heavy (non-hydrogen) atoms. The van der Waals surface area contributed by atoms with Crippen LogP contribution in [0.15, 0.2) is 77.7 Å². The molecule has 134 valence electrons. The van der Waals surface area contributed by atoms with E-state index in [1.54, 1.807) is 30.8 Å². The van der Waals surface area contributed by atoms with E-state index < -0.39 is 0 Å². The van der Waals surface area contributed by atoms with Crippen molar-refractivity contribution in [3.05, 3.63) is 78.4 Å². The van der Waals surface area contributed by atoms with Crippen LogP contribution in [-0.4, -0.2) is 24.2 Å². The monoisotopic (exact) mass is 367 g/mol. The molecule has 0 saturated carbocycles. The van der Waals surface area contributed by atoms with E-state index >= 15 is 0 Å². The summed E-state index contributed by atoms with van der Waals surface area (Å²) >= 11 is 1.59. The summed E-state index contributed by atoms with van der Waals surface area (Å²) in [6.45, 7) is 2.16. The summed E-state index contributed by atoms with van der Waals surface area (Å²) in [6, 6.07) is 17.2. The molecule has 0 bridgehead atoms. The number of hydrogen-bond acceptors (Lipinski definition) is 4.